The lowest BCUT2D eigenvalue weighted by Crippen LogP contribution is -2.21. The Bertz CT molecular complexity index is 1080. The number of esters is 1. The Morgan fingerprint density at radius 1 is 1.07 bits per heavy atom. The number of aryl methyl sites for hydroxylation is 2. The van der Waals surface area contributed by atoms with Crippen LogP contribution in [0, 0.1) is 6.92 Å². The van der Waals surface area contributed by atoms with Crippen molar-refractivity contribution < 1.29 is 18.7 Å². The molecule has 1 atom stereocenters. The predicted octanol–water partition coefficient (Wildman–Crippen LogP) is 4.27. The van der Waals surface area contributed by atoms with Gasteiger partial charge < -0.3 is 13.9 Å². The number of ether oxygens (including phenoxy) is 2. The average Bonchev–Trinajstić information content (AvgIpc) is 2.71. The first-order valence-corrected chi connectivity index (χ1v) is 9.47. The number of hydrogen-bond acceptors (Lipinski definition) is 5. The van der Waals surface area contributed by atoms with Crippen LogP contribution in [0.2, 0.25) is 0 Å². The van der Waals surface area contributed by atoms with E-state index in [0.717, 1.165) is 41.3 Å². The summed E-state index contributed by atoms with van der Waals surface area (Å²) in [4.78, 5) is 24.9. The molecule has 0 saturated carbocycles. The lowest BCUT2D eigenvalue weighted by molar-refractivity contribution is -0.149. The summed E-state index contributed by atoms with van der Waals surface area (Å²) in [5.41, 5.74) is 3.52. The molecule has 0 saturated heterocycles. The Labute approximate surface area is 162 Å². The van der Waals surface area contributed by atoms with Crippen LogP contribution >= 0.6 is 0 Å². The largest absolute Gasteiger partial charge is 0.473 e. The highest BCUT2D eigenvalue weighted by Crippen LogP contribution is 2.36. The van der Waals surface area contributed by atoms with Crippen LogP contribution < -0.4 is 10.4 Å². The first-order chi connectivity index (χ1) is 13.6. The summed E-state index contributed by atoms with van der Waals surface area (Å²) in [6.07, 6.45) is 2.59. The number of carbonyl (C=O) groups is 1. The molecule has 3 aromatic rings. The lowest BCUT2D eigenvalue weighted by atomic mass is 9.90. The highest BCUT2D eigenvalue weighted by Gasteiger charge is 2.27. The maximum absolute atomic E-state index is 12.5. The van der Waals surface area contributed by atoms with Gasteiger partial charge in [0.05, 0.1) is 12.5 Å². The van der Waals surface area contributed by atoms with Gasteiger partial charge in [0.1, 0.15) is 11.3 Å². The van der Waals surface area contributed by atoms with Gasteiger partial charge in [-0.2, -0.15) is 0 Å². The first-order valence-electron chi connectivity index (χ1n) is 9.47. The quantitative estimate of drug-likeness (QED) is 0.501. The van der Waals surface area contributed by atoms with Gasteiger partial charge in [-0.05, 0) is 55.9 Å². The Morgan fingerprint density at radius 2 is 1.79 bits per heavy atom. The summed E-state index contributed by atoms with van der Waals surface area (Å²) in [6.45, 7) is 1.90. The molecule has 0 unspecified atom stereocenters. The molecule has 0 spiro atoms. The number of rotatable bonds is 4. The number of carbonyl (C=O) groups excluding carboxylic acids is 1. The molecule has 0 bridgehead atoms. The van der Waals surface area contributed by atoms with E-state index in [-0.39, 0.29) is 5.63 Å². The fourth-order valence-electron chi connectivity index (χ4n) is 3.87. The highest BCUT2D eigenvalue weighted by atomic mass is 16.6. The Kier molecular flexibility index (Phi) is 4.90. The van der Waals surface area contributed by atoms with Gasteiger partial charge >= 0.3 is 11.6 Å². The molecule has 5 heteroatoms. The van der Waals surface area contributed by atoms with E-state index in [2.05, 4.69) is 0 Å². The van der Waals surface area contributed by atoms with Crippen LogP contribution in [0.5, 0.6) is 5.75 Å². The van der Waals surface area contributed by atoms with Gasteiger partial charge in [-0.1, -0.05) is 30.3 Å². The standard InChI is InChI=1S/C23H22O5/c1-14-12-18(27-21(23(25)26-2)15-8-4-3-5-9-15)20-16-10-6-7-11-17(16)22(24)28-19(20)13-14/h3-5,8-9,12-13,21H,6-7,10-11H2,1-2H3/t21-/m0/s1. The van der Waals surface area contributed by atoms with Crippen molar-refractivity contribution >= 4 is 16.9 Å². The maximum atomic E-state index is 12.5. The number of benzene rings is 2. The Hall–Kier alpha value is -3.08. The number of fused-ring (bicyclic) bond motifs is 3. The van der Waals surface area contributed by atoms with Crippen molar-refractivity contribution in [1.29, 1.82) is 0 Å². The van der Waals surface area contributed by atoms with Crippen LogP contribution in [0.15, 0.2) is 51.7 Å². The number of hydrogen-bond donors (Lipinski definition) is 0. The number of methoxy groups -OCH3 is 1. The fourth-order valence-corrected chi connectivity index (χ4v) is 3.87. The van der Waals surface area contributed by atoms with Crippen molar-refractivity contribution in [2.75, 3.05) is 7.11 Å². The molecule has 1 heterocycles. The fraction of sp³-hybridized carbons (Fsp3) is 0.304. The van der Waals surface area contributed by atoms with Crippen LogP contribution in [-0.4, -0.2) is 13.1 Å². The van der Waals surface area contributed by atoms with E-state index in [9.17, 15) is 9.59 Å². The molecule has 0 fully saturated rings. The molecule has 144 valence electrons. The second kappa shape index (κ2) is 7.50. The van der Waals surface area contributed by atoms with E-state index >= 15 is 0 Å². The normalized spacial score (nSPS) is 14.4. The Morgan fingerprint density at radius 3 is 2.50 bits per heavy atom. The van der Waals surface area contributed by atoms with E-state index in [1.54, 1.807) is 0 Å². The van der Waals surface area contributed by atoms with Crippen molar-refractivity contribution in [3.63, 3.8) is 0 Å². The molecule has 4 rings (SSSR count). The molecule has 2 aromatic carbocycles. The SMILES string of the molecule is COC(=O)[C@@H](Oc1cc(C)cc2oc(=O)c3c(c12)CCCC3)c1ccccc1. The molecule has 1 aliphatic carbocycles. The minimum atomic E-state index is -0.901. The molecule has 1 aliphatic rings. The smallest absolute Gasteiger partial charge is 0.351 e. The highest BCUT2D eigenvalue weighted by molar-refractivity contribution is 5.89. The van der Waals surface area contributed by atoms with E-state index in [1.165, 1.54) is 7.11 Å². The minimum Gasteiger partial charge on any atom is -0.473 e. The molecular weight excluding hydrogens is 356 g/mol. The molecule has 0 amide bonds. The van der Waals surface area contributed by atoms with E-state index in [4.69, 9.17) is 13.9 Å². The third-order valence-corrected chi connectivity index (χ3v) is 5.19. The lowest BCUT2D eigenvalue weighted by Gasteiger charge is -2.22. The van der Waals surface area contributed by atoms with Gasteiger partial charge in [-0.3, -0.25) is 0 Å². The van der Waals surface area contributed by atoms with Crippen molar-refractivity contribution in [3.8, 4) is 5.75 Å². The van der Waals surface area contributed by atoms with Crippen LogP contribution in [0.1, 0.15) is 41.2 Å². The van der Waals surface area contributed by atoms with Crippen LogP contribution in [-0.2, 0) is 22.4 Å². The van der Waals surface area contributed by atoms with E-state index < -0.39 is 12.1 Å². The summed E-state index contributed by atoms with van der Waals surface area (Å²) in [6, 6.07) is 13.0. The summed E-state index contributed by atoms with van der Waals surface area (Å²) in [5, 5.41) is 0.782. The van der Waals surface area contributed by atoms with Crippen LogP contribution in [0.25, 0.3) is 11.0 Å². The van der Waals surface area contributed by atoms with Crippen molar-refractivity contribution in [2.24, 2.45) is 0 Å². The van der Waals surface area contributed by atoms with Crippen molar-refractivity contribution in [1.82, 2.24) is 0 Å². The minimum absolute atomic E-state index is 0.272. The van der Waals surface area contributed by atoms with Crippen molar-refractivity contribution in [2.45, 2.75) is 38.7 Å². The zero-order chi connectivity index (χ0) is 19.7. The summed E-state index contributed by atoms with van der Waals surface area (Å²) in [7, 11) is 1.34. The second-order valence-corrected chi connectivity index (χ2v) is 7.12. The maximum Gasteiger partial charge on any atom is 0.351 e. The van der Waals surface area contributed by atoms with Gasteiger partial charge in [-0.15, -0.1) is 0 Å². The molecule has 28 heavy (non-hydrogen) atoms. The zero-order valence-electron chi connectivity index (χ0n) is 16.0. The van der Waals surface area contributed by atoms with Crippen molar-refractivity contribution in [3.05, 3.63) is 75.1 Å². The summed E-state index contributed by atoms with van der Waals surface area (Å²) in [5.74, 6) is 0.0586. The molecular formula is C23H22O5. The van der Waals surface area contributed by atoms with Crippen LogP contribution in [0.3, 0.4) is 0 Å². The third kappa shape index (κ3) is 3.28. The van der Waals surface area contributed by atoms with E-state index in [1.807, 2.05) is 49.4 Å². The third-order valence-electron chi connectivity index (χ3n) is 5.19. The first kappa shape index (κ1) is 18.3. The topological polar surface area (TPSA) is 65.7 Å². The molecule has 0 radical (unpaired) electrons. The van der Waals surface area contributed by atoms with Gasteiger partial charge in [0, 0.05) is 11.1 Å². The van der Waals surface area contributed by atoms with Gasteiger partial charge in [-0.25, -0.2) is 9.59 Å². The summed E-state index contributed by atoms with van der Waals surface area (Å²) >= 11 is 0. The zero-order valence-corrected chi connectivity index (χ0v) is 16.0. The molecule has 1 aromatic heterocycles. The van der Waals surface area contributed by atoms with Gasteiger partial charge in [0.25, 0.3) is 0 Å². The van der Waals surface area contributed by atoms with Crippen LogP contribution in [0.4, 0.5) is 0 Å². The molecule has 5 nitrogen and oxygen atoms in total. The molecule has 0 N–H and O–H groups in total. The monoisotopic (exact) mass is 378 g/mol. The Balaban J connectivity index is 1.90. The average molecular weight is 378 g/mol. The second-order valence-electron chi connectivity index (χ2n) is 7.12. The summed E-state index contributed by atoms with van der Waals surface area (Å²) < 4.78 is 16.8. The molecule has 0 aliphatic heterocycles. The van der Waals surface area contributed by atoms with Gasteiger partial charge in [0.2, 0.25) is 6.10 Å². The van der Waals surface area contributed by atoms with E-state index in [0.29, 0.717) is 23.3 Å². The van der Waals surface area contributed by atoms with Gasteiger partial charge in [0.15, 0.2) is 0 Å². The predicted molar refractivity (Wildman–Crippen MR) is 106 cm³/mol.